The van der Waals surface area contributed by atoms with Crippen LogP contribution in [0.15, 0.2) is 30.6 Å². The zero-order chi connectivity index (χ0) is 26.7. The van der Waals surface area contributed by atoms with Crippen molar-refractivity contribution >= 4 is 30.4 Å². The van der Waals surface area contributed by atoms with Crippen LogP contribution in [0.2, 0.25) is 0 Å². The van der Waals surface area contributed by atoms with Gasteiger partial charge in [0.25, 0.3) is 11.9 Å². The van der Waals surface area contributed by atoms with E-state index in [0.29, 0.717) is 18.7 Å². The summed E-state index contributed by atoms with van der Waals surface area (Å²) in [7, 11) is -0.817. The molecule has 2 aromatic rings. The molecular weight excluding hydrogens is 481 g/mol. The van der Waals surface area contributed by atoms with E-state index in [9.17, 15) is 14.4 Å². The minimum Gasteiger partial charge on any atom is -0.511 e. The highest BCUT2D eigenvalue weighted by molar-refractivity contribution is 6.69. The van der Waals surface area contributed by atoms with Gasteiger partial charge in [-0.15, -0.1) is 0 Å². The smallest absolute Gasteiger partial charge is 0.511 e. The van der Waals surface area contributed by atoms with E-state index in [2.05, 4.69) is 31.9 Å². The SMILES string of the molecule is Cc1cnc(C(=O)NCCCc2ccc3c(c2)CCCCCC(=O)OB3NC(=O)NC2CCCCC2)cn1. The molecule has 202 valence electrons. The number of rotatable bonds is 7. The lowest BCUT2D eigenvalue weighted by Gasteiger charge is -2.25. The number of aromatic nitrogens is 2. The topological polar surface area (TPSA) is 122 Å². The first-order valence-corrected chi connectivity index (χ1v) is 13.9. The summed E-state index contributed by atoms with van der Waals surface area (Å²) in [5.74, 6) is -0.524. The van der Waals surface area contributed by atoms with Crippen molar-refractivity contribution < 1.29 is 19.0 Å². The molecule has 4 rings (SSSR count). The molecule has 0 saturated heterocycles. The molecule has 0 radical (unpaired) electrons. The fraction of sp³-hybridized carbons (Fsp3) is 0.536. The number of carbonyl (C=O) groups is 3. The predicted octanol–water partition coefficient (Wildman–Crippen LogP) is 3.13. The molecule has 9 nitrogen and oxygen atoms in total. The van der Waals surface area contributed by atoms with Crippen molar-refractivity contribution in [3.8, 4) is 0 Å². The first-order valence-electron chi connectivity index (χ1n) is 13.9. The molecule has 2 aliphatic rings. The van der Waals surface area contributed by atoms with Gasteiger partial charge < -0.3 is 20.5 Å². The third-order valence-electron chi connectivity index (χ3n) is 7.21. The second-order valence-electron chi connectivity index (χ2n) is 10.3. The number of hydrogen-bond donors (Lipinski definition) is 3. The highest BCUT2D eigenvalue weighted by Crippen LogP contribution is 2.17. The van der Waals surface area contributed by atoms with E-state index in [-0.39, 0.29) is 23.9 Å². The predicted molar refractivity (Wildman–Crippen MR) is 146 cm³/mol. The van der Waals surface area contributed by atoms with E-state index in [0.717, 1.165) is 86.5 Å². The molecule has 3 amide bonds. The Bertz CT molecular complexity index is 1100. The van der Waals surface area contributed by atoms with Gasteiger partial charge in [-0.2, -0.15) is 0 Å². The summed E-state index contributed by atoms with van der Waals surface area (Å²) >= 11 is 0. The van der Waals surface area contributed by atoms with Crippen LogP contribution in [0, 0.1) is 6.92 Å². The van der Waals surface area contributed by atoms with Gasteiger partial charge in [-0.3, -0.25) is 19.4 Å². The highest BCUT2D eigenvalue weighted by atomic mass is 16.5. The van der Waals surface area contributed by atoms with Gasteiger partial charge in [0.15, 0.2) is 0 Å². The number of benzene rings is 1. The summed E-state index contributed by atoms with van der Waals surface area (Å²) in [6.45, 7) is 2.35. The molecule has 2 heterocycles. The van der Waals surface area contributed by atoms with Crippen LogP contribution >= 0.6 is 0 Å². The molecule has 1 aromatic carbocycles. The van der Waals surface area contributed by atoms with Crippen LogP contribution in [0.1, 0.15) is 91.5 Å². The van der Waals surface area contributed by atoms with E-state index in [1.165, 1.54) is 12.6 Å². The second kappa shape index (κ2) is 13.9. The first-order chi connectivity index (χ1) is 18.5. The summed E-state index contributed by atoms with van der Waals surface area (Å²) in [5.41, 5.74) is 4.13. The number of fused-ring (bicyclic) bond motifs is 1. The second-order valence-corrected chi connectivity index (χ2v) is 10.3. The number of hydrogen-bond acceptors (Lipinski definition) is 6. The summed E-state index contributed by atoms with van der Waals surface area (Å²) in [6.07, 6.45) is 14.0. The summed E-state index contributed by atoms with van der Waals surface area (Å²) < 4.78 is 5.76. The number of amides is 3. The van der Waals surface area contributed by atoms with Crippen molar-refractivity contribution in [1.82, 2.24) is 25.8 Å². The average Bonchev–Trinajstić information content (AvgIpc) is 2.91. The van der Waals surface area contributed by atoms with E-state index in [1.54, 1.807) is 6.20 Å². The van der Waals surface area contributed by atoms with E-state index in [1.807, 2.05) is 19.1 Å². The molecule has 10 heteroatoms. The molecule has 0 spiro atoms. The van der Waals surface area contributed by atoms with E-state index in [4.69, 9.17) is 4.65 Å². The third-order valence-corrected chi connectivity index (χ3v) is 7.21. The number of carbonyl (C=O) groups excluding carboxylic acids is 3. The van der Waals surface area contributed by atoms with Gasteiger partial charge in [-0.05, 0) is 68.5 Å². The molecule has 3 N–H and O–H groups in total. The Morgan fingerprint density at radius 1 is 1.03 bits per heavy atom. The van der Waals surface area contributed by atoms with Crippen LogP contribution in [-0.4, -0.2) is 47.5 Å². The van der Waals surface area contributed by atoms with E-state index >= 15 is 0 Å². The van der Waals surface area contributed by atoms with Gasteiger partial charge in [0.1, 0.15) is 5.69 Å². The fourth-order valence-electron chi connectivity index (χ4n) is 5.10. The Morgan fingerprint density at radius 3 is 2.61 bits per heavy atom. The van der Waals surface area contributed by atoms with Crippen molar-refractivity contribution in [3.05, 3.63) is 53.1 Å². The first kappa shape index (κ1) is 27.6. The molecule has 1 aliphatic heterocycles. The quantitative estimate of drug-likeness (QED) is 0.382. The zero-order valence-corrected chi connectivity index (χ0v) is 22.3. The van der Waals surface area contributed by atoms with Crippen LogP contribution in [0.3, 0.4) is 0 Å². The lowest BCUT2D eigenvalue weighted by molar-refractivity contribution is -0.134. The van der Waals surface area contributed by atoms with Crippen LogP contribution in [0.5, 0.6) is 0 Å². The van der Waals surface area contributed by atoms with Gasteiger partial charge in [-0.1, -0.05) is 43.9 Å². The minimum absolute atomic E-state index is 0.166. The fourth-order valence-corrected chi connectivity index (χ4v) is 5.10. The molecule has 0 bridgehead atoms. The zero-order valence-electron chi connectivity index (χ0n) is 22.3. The molecule has 1 aromatic heterocycles. The van der Waals surface area contributed by atoms with Crippen LogP contribution in [0.25, 0.3) is 0 Å². The van der Waals surface area contributed by atoms with Crippen molar-refractivity contribution in [3.63, 3.8) is 0 Å². The maximum Gasteiger partial charge on any atom is 0.522 e. The Hall–Kier alpha value is -3.43. The lowest BCUT2D eigenvalue weighted by atomic mass is 9.69. The normalized spacial score (nSPS) is 16.7. The molecule has 1 aliphatic carbocycles. The summed E-state index contributed by atoms with van der Waals surface area (Å²) in [5, 5.41) is 8.88. The van der Waals surface area contributed by atoms with Gasteiger partial charge >= 0.3 is 13.1 Å². The molecule has 1 fully saturated rings. The Kier molecular flexibility index (Phi) is 10.1. The Labute approximate surface area is 225 Å². The van der Waals surface area contributed by atoms with Crippen molar-refractivity contribution in [2.24, 2.45) is 0 Å². The maximum atomic E-state index is 12.8. The van der Waals surface area contributed by atoms with Gasteiger partial charge in [-0.25, -0.2) is 4.98 Å². The standard InChI is InChI=1S/C28H38BN5O4/c1-20-18-32-25(19-31-20)27(36)30-16-8-9-21-14-15-24-22(17-21)10-4-2-7-13-26(35)38-29(24)34-28(37)33-23-11-5-3-6-12-23/h14-15,17-19,23H,2-13,16H2,1H3,(H,30,36)(H2,33,34,37). The molecule has 38 heavy (non-hydrogen) atoms. The third kappa shape index (κ3) is 8.29. The van der Waals surface area contributed by atoms with Gasteiger partial charge in [0, 0.05) is 25.2 Å². The highest BCUT2D eigenvalue weighted by Gasteiger charge is 2.30. The summed E-state index contributed by atoms with van der Waals surface area (Å²) in [6, 6.07) is 5.99. The Balaban J connectivity index is 1.38. The minimum atomic E-state index is -0.817. The average molecular weight is 519 g/mol. The van der Waals surface area contributed by atoms with Crippen LogP contribution in [0.4, 0.5) is 4.79 Å². The summed E-state index contributed by atoms with van der Waals surface area (Å²) in [4.78, 5) is 45.8. The van der Waals surface area contributed by atoms with Gasteiger partial charge in [0.05, 0.1) is 11.9 Å². The molecule has 1 saturated carbocycles. The number of nitrogens with one attached hydrogen (secondary N) is 3. The van der Waals surface area contributed by atoms with Crippen molar-refractivity contribution in [2.45, 2.75) is 90.0 Å². The monoisotopic (exact) mass is 519 g/mol. The maximum absolute atomic E-state index is 12.8. The molecular formula is C28H38BN5O4. The molecule has 0 unspecified atom stereocenters. The molecule has 0 atom stereocenters. The Morgan fingerprint density at radius 2 is 1.82 bits per heavy atom. The lowest BCUT2D eigenvalue weighted by Crippen LogP contribution is -2.56. The van der Waals surface area contributed by atoms with Gasteiger partial charge in [0.2, 0.25) is 0 Å². The van der Waals surface area contributed by atoms with Crippen molar-refractivity contribution in [2.75, 3.05) is 6.54 Å². The number of urea groups is 1. The van der Waals surface area contributed by atoms with Crippen molar-refractivity contribution in [1.29, 1.82) is 0 Å². The number of nitrogens with zero attached hydrogens (tertiary/aromatic N) is 2. The van der Waals surface area contributed by atoms with Crippen LogP contribution < -0.4 is 21.3 Å². The van der Waals surface area contributed by atoms with E-state index < -0.39 is 7.05 Å². The largest absolute Gasteiger partial charge is 0.522 e. The number of aryl methyl sites for hydroxylation is 3. The van der Waals surface area contributed by atoms with Crippen LogP contribution in [-0.2, 0) is 22.3 Å².